The van der Waals surface area contributed by atoms with Crippen LogP contribution in [0.25, 0.3) is 0 Å². The van der Waals surface area contributed by atoms with Gasteiger partial charge in [0.15, 0.2) is 19.7 Å². The lowest BCUT2D eigenvalue weighted by molar-refractivity contribution is 0.580. The Kier molecular flexibility index (Phi) is 10.5. The highest BCUT2D eigenvalue weighted by Crippen LogP contribution is 2.06. The zero-order chi connectivity index (χ0) is 15.5. The standard InChI is InChI=1S/C14H30O4S2/c1-3-5-7-9-11-19(15,16)13-14-20(17,18)12-10-8-6-4-2/h3-14H2,1-2H3. The topological polar surface area (TPSA) is 68.3 Å². The van der Waals surface area contributed by atoms with Crippen molar-refractivity contribution in [3.05, 3.63) is 0 Å². The fraction of sp³-hybridized carbons (Fsp3) is 1.00. The second-order valence-corrected chi connectivity index (χ2v) is 10.0. The molecule has 0 spiro atoms. The molecule has 0 amide bonds. The molecule has 0 bridgehead atoms. The second-order valence-electron chi connectivity index (χ2n) is 5.42. The van der Waals surface area contributed by atoms with Gasteiger partial charge in [-0.1, -0.05) is 52.4 Å². The van der Waals surface area contributed by atoms with Crippen LogP contribution in [-0.4, -0.2) is 39.8 Å². The van der Waals surface area contributed by atoms with Gasteiger partial charge in [0, 0.05) is 0 Å². The average molecular weight is 327 g/mol. The predicted octanol–water partition coefficient (Wildman–Crippen LogP) is 2.98. The van der Waals surface area contributed by atoms with Crippen LogP contribution in [0.4, 0.5) is 0 Å². The van der Waals surface area contributed by atoms with Crippen LogP contribution in [0, 0.1) is 0 Å². The van der Waals surface area contributed by atoms with Crippen molar-refractivity contribution in [2.24, 2.45) is 0 Å². The first-order valence-electron chi connectivity index (χ1n) is 7.74. The van der Waals surface area contributed by atoms with Crippen molar-refractivity contribution in [1.82, 2.24) is 0 Å². The van der Waals surface area contributed by atoms with Crippen molar-refractivity contribution in [3.63, 3.8) is 0 Å². The average Bonchev–Trinajstić information content (AvgIpc) is 2.38. The maximum atomic E-state index is 11.8. The Balaban J connectivity index is 3.98. The minimum absolute atomic E-state index is 0.123. The smallest absolute Gasteiger partial charge is 0.151 e. The molecule has 0 heterocycles. The first-order chi connectivity index (χ1) is 9.33. The molecule has 20 heavy (non-hydrogen) atoms. The SMILES string of the molecule is CCCCCCS(=O)(=O)CCS(=O)(=O)CCCCCC. The molecule has 0 aliphatic carbocycles. The van der Waals surface area contributed by atoms with E-state index in [9.17, 15) is 16.8 Å². The van der Waals surface area contributed by atoms with Gasteiger partial charge in [-0.2, -0.15) is 0 Å². The van der Waals surface area contributed by atoms with Gasteiger partial charge < -0.3 is 0 Å². The Hall–Kier alpha value is -0.100. The molecule has 0 rings (SSSR count). The number of unbranched alkanes of at least 4 members (excludes halogenated alkanes) is 6. The summed E-state index contributed by atoms with van der Waals surface area (Å²) in [5, 5.41) is 0. The zero-order valence-corrected chi connectivity index (χ0v) is 14.6. The molecule has 0 N–H and O–H groups in total. The molecule has 0 aromatic rings. The van der Waals surface area contributed by atoms with Crippen LogP contribution >= 0.6 is 0 Å². The molecule has 122 valence electrons. The third kappa shape index (κ3) is 11.7. The quantitative estimate of drug-likeness (QED) is 0.488. The Morgan fingerprint density at radius 3 is 1.15 bits per heavy atom. The van der Waals surface area contributed by atoms with E-state index in [-0.39, 0.29) is 23.0 Å². The molecule has 0 unspecified atom stereocenters. The largest absolute Gasteiger partial charge is 0.229 e. The van der Waals surface area contributed by atoms with Crippen LogP contribution in [-0.2, 0) is 19.7 Å². The molecule has 0 aromatic heterocycles. The van der Waals surface area contributed by atoms with Crippen molar-refractivity contribution >= 4 is 19.7 Å². The summed E-state index contributed by atoms with van der Waals surface area (Å²) in [5.41, 5.74) is 0. The lowest BCUT2D eigenvalue weighted by Gasteiger charge is -2.06. The van der Waals surface area contributed by atoms with Crippen LogP contribution in [0.2, 0.25) is 0 Å². The highest BCUT2D eigenvalue weighted by molar-refractivity contribution is 7.95. The highest BCUT2D eigenvalue weighted by Gasteiger charge is 2.17. The van der Waals surface area contributed by atoms with E-state index in [2.05, 4.69) is 13.8 Å². The fourth-order valence-electron chi connectivity index (χ4n) is 1.96. The molecule has 4 nitrogen and oxygen atoms in total. The van der Waals surface area contributed by atoms with Crippen molar-refractivity contribution in [3.8, 4) is 0 Å². The van der Waals surface area contributed by atoms with Gasteiger partial charge in [0.2, 0.25) is 0 Å². The van der Waals surface area contributed by atoms with Crippen LogP contribution in [0.5, 0.6) is 0 Å². The summed E-state index contributed by atoms with van der Waals surface area (Å²) in [4.78, 5) is 0. The molecule has 0 fully saturated rings. The summed E-state index contributed by atoms with van der Waals surface area (Å²) in [7, 11) is -6.42. The highest BCUT2D eigenvalue weighted by atomic mass is 32.2. The molecular weight excluding hydrogens is 296 g/mol. The monoisotopic (exact) mass is 326 g/mol. The molecule has 0 aliphatic rings. The van der Waals surface area contributed by atoms with E-state index in [1.165, 1.54) is 0 Å². The first kappa shape index (κ1) is 19.9. The number of sulfone groups is 2. The second kappa shape index (κ2) is 10.6. The van der Waals surface area contributed by atoms with Crippen molar-refractivity contribution in [2.75, 3.05) is 23.0 Å². The number of hydrogen-bond acceptors (Lipinski definition) is 4. The summed E-state index contributed by atoms with van der Waals surface area (Å²) < 4.78 is 47.0. The fourth-order valence-corrected chi connectivity index (χ4v) is 5.68. The lowest BCUT2D eigenvalue weighted by atomic mass is 10.2. The van der Waals surface area contributed by atoms with Gasteiger partial charge in [-0.25, -0.2) is 16.8 Å². The van der Waals surface area contributed by atoms with E-state index in [0.717, 1.165) is 38.5 Å². The summed E-state index contributed by atoms with van der Waals surface area (Å²) in [6, 6.07) is 0. The first-order valence-corrected chi connectivity index (χ1v) is 11.4. The van der Waals surface area contributed by atoms with Gasteiger partial charge in [0.25, 0.3) is 0 Å². The van der Waals surface area contributed by atoms with Crippen LogP contribution in [0.3, 0.4) is 0 Å². The normalized spacial score (nSPS) is 12.7. The Morgan fingerprint density at radius 1 is 0.500 bits per heavy atom. The van der Waals surface area contributed by atoms with Gasteiger partial charge in [-0.15, -0.1) is 0 Å². The molecule has 0 saturated heterocycles. The number of hydrogen-bond donors (Lipinski definition) is 0. The maximum absolute atomic E-state index is 11.8. The van der Waals surface area contributed by atoms with E-state index in [0.29, 0.717) is 12.8 Å². The van der Waals surface area contributed by atoms with E-state index >= 15 is 0 Å². The lowest BCUT2D eigenvalue weighted by Crippen LogP contribution is -2.21. The van der Waals surface area contributed by atoms with Crippen LogP contribution < -0.4 is 0 Å². The van der Waals surface area contributed by atoms with Gasteiger partial charge in [-0.3, -0.25) is 0 Å². The van der Waals surface area contributed by atoms with Gasteiger partial charge >= 0.3 is 0 Å². The zero-order valence-electron chi connectivity index (χ0n) is 12.9. The Morgan fingerprint density at radius 2 is 0.850 bits per heavy atom. The predicted molar refractivity (Wildman–Crippen MR) is 85.6 cm³/mol. The minimum Gasteiger partial charge on any atom is -0.229 e. The van der Waals surface area contributed by atoms with Crippen LogP contribution in [0.15, 0.2) is 0 Å². The molecule has 6 heteroatoms. The molecular formula is C14H30O4S2. The van der Waals surface area contributed by atoms with E-state index in [1.54, 1.807) is 0 Å². The third-order valence-electron chi connectivity index (χ3n) is 3.32. The van der Waals surface area contributed by atoms with E-state index < -0.39 is 19.7 Å². The van der Waals surface area contributed by atoms with E-state index in [1.807, 2.05) is 0 Å². The summed E-state index contributed by atoms with van der Waals surface area (Å²) in [5.74, 6) is -0.179. The summed E-state index contributed by atoms with van der Waals surface area (Å²) in [6.07, 6.45) is 7.29. The maximum Gasteiger partial charge on any atom is 0.151 e. The minimum atomic E-state index is -3.21. The van der Waals surface area contributed by atoms with Gasteiger partial charge in [0.1, 0.15) is 0 Å². The Bertz CT molecular complexity index is 382. The molecule has 0 atom stereocenters. The van der Waals surface area contributed by atoms with Crippen molar-refractivity contribution in [2.45, 2.75) is 65.2 Å². The van der Waals surface area contributed by atoms with Gasteiger partial charge in [-0.05, 0) is 12.8 Å². The molecule has 0 saturated carbocycles. The summed E-state index contributed by atoms with van der Waals surface area (Å²) in [6.45, 7) is 4.14. The molecule has 0 radical (unpaired) electrons. The molecule has 0 aliphatic heterocycles. The molecule has 0 aromatic carbocycles. The van der Waals surface area contributed by atoms with Gasteiger partial charge in [0.05, 0.1) is 23.0 Å². The third-order valence-corrected chi connectivity index (χ3v) is 7.06. The summed E-state index contributed by atoms with van der Waals surface area (Å²) >= 11 is 0. The van der Waals surface area contributed by atoms with Crippen molar-refractivity contribution < 1.29 is 16.8 Å². The van der Waals surface area contributed by atoms with E-state index in [4.69, 9.17) is 0 Å². The van der Waals surface area contributed by atoms with Crippen LogP contribution in [0.1, 0.15) is 65.2 Å². The van der Waals surface area contributed by atoms with Crippen molar-refractivity contribution in [1.29, 1.82) is 0 Å². The number of rotatable bonds is 13. The Labute approximate surface area is 125 Å².